The Morgan fingerprint density at radius 3 is 1.91 bits per heavy atom. The van der Waals surface area contributed by atoms with Gasteiger partial charge in [0.05, 0.1) is 23.3 Å². The number of nitrogens with one attached hydrogen (secondary N) is 1. The average Bonchev–Trinajstić information content (AvgIpc) is 2.85. The largest absolute Gasteiger partial charge is 0.497 e. The van der Waals surface area contributed by atoms with Gasteiger partial charge in [-0.1, -0.05) is 38.5 Å². The van der Waals surface area contributed by atoms with E-state index in [9.17, 15) is 16.8 Å². The Morgan fingerprint density at radius 2 is 1.38 bits per heavy atom. The molecule has 10 heteroatoms. The van der Waals surface area contributed by atoms with Crippen LogP contribution in [0.4, 0.5) is 5.69 Å². The van der Waals surface area contributed by atoms with Gasteiger partial charge in [-0.15, -0.1) is 5.10 Å². The number of sulfone groups is 2. The molecule has 2 saturated carbocycles. The van der Waals surface area contributed by atoms with Crippen LogP contribution < -0.4 is 15.3 Å². The second kappa shape index (κ2) is 9.43. The SMILES string of the molecule is COc1ccc(N2N=C(S(=O)(=O)C3CCCCC3)C=C(S(=O)(=O)C3CCCCC3)N2)cc1. The van der Waals surface area contributed by atoms with Gasteiger partial charge in [-0.3, -0.25) is 5.43 Å². The van der Waals surface area contributed by atoms with Crippen molar-refractivity contribution in [3.8, 4) is 5.75 Å². The van der Waals surface area contributed by atoms with E-state index in [1.54, 1.807) is 31.4 Å². The summed E-state index contributed by atoms with van der Waals surface area (Å²) in [7, 11) is -5.93. The second-order valence-corrected chi connectivity index (χ2v) is 13.0. The van der Waals surface area contributed by atoms with E-state index in [2.05, 4.69) is 10.5 Å². The Bertz CT molecular complexity index is 1080. The highest BCUT2D eigenvalue weighted by molar-refractivity contribution is 8.07. The maximum absolute atomic E-state index is 13.4. The molecular formula is C22H31N3O5S2. The van der Waals surface area contributed by atoms with Crippen LogP contribution >= 0.6 is 0 Å². The highest BCUT2D eigenvalue weighted by atomic mass is 32.2. The van der Waals surface area contributed by atoms with Gasteiger partial charge >= 0.3 is 0 Å². The lowest BCUT2D eigenvalue weighted by Gasteiger charge is -2.31. The zero-order valence-electron chi connectivity index (χ0n) is 18.4. The molecule has 1 N–H and O–H groups in total. The number of hydrogen-bond acceptors (Lipinski definition) is 8. The summed E-state index contributed by atoms with van der Waals surface area (Å²) < 4.78 is 58.9. The third kappa shape index (κ3) is 4.66. The van der Waals surface area contributed by atoms with Gasteiger partial charge in [-0.05, 0) is 49.9 Å². The molecule has 4 rings (SSSR count). The number of hydrazone groups is 1. The molecule has 0 aromatic heterocycles. The first kappa shape index (κ1) is 23.1. The number of rotatable bonds is 5. The Kier molecular flexibility index (Phi) is 6.80. The average molecular weight is 482 g/mol. The van der Waals surface area contributed by atoms with Crippen molar-refractivity contribution in [2.45, 2.75) is 74.7 Å². The molecule has 0 atom stereocenters. The van der Waals surface area contributed by atoms with Gasteiger partial charge in [0, 0.05) is 6.08 Å². The Balaban J connectivity index is 1.73. The molecule has 0 amide bonds. The zero-order valence-corrected chi connectivity index (χ0v) is 20.0. The highest BCUT2D eigenvalue weighted by Crippen LogP contribution is 2.31. The zero-order chi connectivity index (χ0) is 22.8. The predicted molar refractivity (Wildman–Crippen MR) is 126 cm³/mol. The smallest absolute Gasteiger partial charge is 0.200 e. The fourth-order valence-corrected chi connectivity index (χ4v) is 8.28. The molecule has 2 fully saturated rings. The quantitative estimate of drug-likeness (QED) is 0.684. The molecule has 8 nitrogen and oxygen atoms in total. The number of ether oxygens (including phenoxy) is 1. The number of anilines is 1. The third-order valence-corrected chi connectivity index (χ3v) is 10.9. The van der Waals surface area contributed by atoms with Crippen LogP contribution in [0.15, 0.2) is 40.5 Å². The lowest BCUT2D eigenvalue weighted by Crippen LogP contribution is -2.44. The molecule has 2 aliphatic carbocycles. The maximum atomic E-state index is 13.4. The molecule has 1 aliphatic heterocycles. The van der Waals surface area contributed by atoms with E-state index < -0.39 is 30.2 Å². The van der Waals surface area contributed by atoms with E-state index >= 15 is 0 Å². The van der Waals surface area contributed by atoms with Crippen molar-refractivity contribution in [3.63, 3.8) is 0 Å². The highest BCUT2D eigenvalue weighted by Gasteiger charge is 2.38. The summed E-state index contributed by atoms with van der Waals surface area (Å²) in [6, 6.07) is 6.84. The van der Waals surface area contributed by atoms with Crippen LogP contribution in [0.2, 0.25) is 0 Å². The Labute approximate surface area is 190 Å². The van der Waals surface area contributed by atoms with Gasteiger partial charge in [-0.25, -0.2) is 16.8 Å². The summed E-state index contributed by atoms with van der Waals surface area (Å²) in [6.07, 6.45) is 9.05. The van der Waals surface area contributed by atoms with Crippen LogP contribution in [-0.4, -0.2) is 39.5 Å². The van der Waals surface area contributed by atoms with Crippen molar-refractivity contribution in [3.05, 3.63) is 35.4 Å². The summed E-state index contributed by atoms with van der Waals surface area (Å²) in [5, 5.41) is 4.27. The minimum atomic E-state index is -3.76. The number of nitrogens with zero attached hydrogens (tertiary/aromatic N) is 2. The normalized spacial score (nSPS) is 21.5. The molecule has 0 unspecified atom stereocenters. The summed E-state index contributed by atoms with van der Waals surface area (Å²) in [6.45, 7) is 0. The van der Waals surface area contributed by atoms with Crippen molar-refractivity contribution in [2.75, 3.05) is 12.2 Å². The van der Waals surface area contributed by atoms with E-state index in [0.29, 0.717) is 37.1 Å². The van der Waals surface area contributed by atoms with Gasteiger partial charge in [0.1, 0.15) is 5.75 Å². The lowest BCUT2D eigenvalue weighted by molar-refractivity contribution is 0.415. The first-order valence-corrected chi connectivity index (χ1v) is 14.4. The van der Waals surface area contributed by atoms with Gasteiger partial charge < -0.3 is 4.74 Å². The number of hydrazine groups is 1. The molecule has 0 saturated heterocycles. The summed E-state index contributed by atoms with van der Waals surface area (Å²) >= 11 is 0. The van der Waals surface area contributed by atoms with E-state index in [1.165, 1.54) is 11.2 Å². The van der Waals surface area contributed by atoms with Gasteiger partial charge in [0.2, 0.25) is 0 Å². The molecule has 1 aromatic rings. The first-order chi connectivity index (χ1) is 15.3. The van der Waals surface area contributed by atoms with Crippen LogP contribution in [0.5, 0.6) is 5.75 Å². The molecular weight excluding hydrogens is 450 g/mol. The van der Waals surface area contributed by atoms with Crippen molar-refractivity contribution in [2.24, 2.45) is 5.10 Å². The van der Waals surface area contributed by atoms with Crippen LogP contribution in [0.25, 0.3) is 0 Å². The summed E-state index contributed by atoms with van der Waals surface area (Å²) in [4.78, 5) is 0. The molecule has 0 bridgehead atoms. The van der Waals surface area contributed by atoms with Crippen LogP contribution in [0.1, 0.15) is 64.2 Å². The molecule has 32 heavy (non-hydrogen) atoms. The van der Waals surface area contributed by atoms with Crippen LogP contribution in [-0.2, 0) is 19.7 Å². The maximum Gasteiger partial charge on any atom is 0.200 e. The van der Waals surface area contributed by atoms with E-state index in [-0.39, 0.29) is 10.1 Å². The van der Waals surface area contributed by atoms with Crippen molar-refractivity contribution < 1.29 is 21.6 Å². The predicted octanol–water partition coefficient (Wildman–Crippen LogP) is 3.67. The van der Waals surface area contributed by atoms with Gasteiger partial charge in [0.15, 0.2) is 29.7 Å². The lowest BCUT2D eigenvalue weighted by atomic mass is 10.0. The third-order valence-electron chi connectivity index (χ3n) is 6.57. The second-order valence-electron chi connectivity index (χ2n) is 8.68. The minimum Gasteiger partial charge on any atom is -0.497 e. The number of methoxy groups -OCH3 is 1. The van der Waals surface area contributed by atoms with Crippen LogP contribution in [0, 0.1) is 0 Å². The fourth-order valence-electron chi connectivity index (χ4n) is 4.63. The fraction of sp³-hybridized carbons (Fsp3) is 0.591. The van der Waals surface area contributed by atoms with E-state index in [4.69, 9.17) is 4.74 Å². The molecule has 1 aromatic carbocycles. The summed E-state index contributed by atoms with van der Waals surface area (Å²) in [5.41, 5.74) is 3.38. The minimum absolute atomic E-state index is 0.0930. The van der Waals surface area contributed by atoms with Crippen molar-refractivity contribution >= 4 is 30.4 Å². The van der Waals surface area contributed by atoms with Crippen molar-refractivity contribution in [1.82, 2.24) is 5.43 Å². The first-order valence-electron chi connectivity index (χ1n) is 11.3. The van der Waals surface area contributed by atoms with Crippen molar-refractivity contribution in [1.29, 1.82) is 0 Å². The Morgan fingerprint density at radius 1 is 0.844 bits per heavy atom. The molecule has 1 heterocycles. The van der Waals surface area contributed by atoms with E-state index in [1.807, 2.05) is 0 Å². The monoisotopic (exact) mass is 481 g/mol. The van der Waals surface area contributed by atoms with Gasteiger partial charge in [-0.2, -0.15) is 5.12 Å². The Hall–Kier alpha value is -2.07. The molecule has 0 spiro atoms. The molecule has 0 radical (unpaired) electrons. The van der Waals surface area contributed by atoms with E-state index in [0.717, 1.165) is 38.5 Å². The number of hydrogen-bond donors (Lipinski definition) is 1. The number of benzene rings is 1. The summed E-state index contributed by atoms with van der Waals surface area (Å²) in [5.74, 6) is 0.635. The molecule has 3 aliphatic rings. The molecule has 176 valence electrons. The van der Waals surface area contributed by atoms with Gasteiger partial charge in [0.25, 0.3) is 0 Å². The van der Waals surface area contributed by atoms with Crippen LogP contribution in [0.3, 0.4) is 0 Å². The standard InChI is InChI=1S/C22H31N3O5S2/c1-30-18-14-12-17(13-15-18)25-23-21(31(26,27)19-8-4-2-5-9-19)16-22(24-25)32(28,29)20-10-6-3-7-11-20/h12-16,19-20,23H,2-11H2,1H3. The topological polar surface area (TPSA) is 105 Å².